The van der Waals surface area contributed by atoms with Crippen molar-refractivity contribution in [2.75, 3.05) is 0 Å². The summed E-state index contributed by atoms with van der Waals surface area (Å²) in [5.74, 6) is 0.943. The van der Waals surface area contributed by atoms with Gasteiger partial charge in [-0.05, 0) is 71.2 Å². The van der Waals surface area contributed by atoms with E-state index in [0.717, 1.165) is 19.3 Å². The minimum atomic E-state index is -0.787. The highest BCUT2D eigenvalue weighted by molar-refractivity contribution is 5.70. The van der Waals surface area contributed by atoms with Gasteiger partial charge in [-0.2, -0.15) is 0 Å². The fraction of sp³-hybridized carbons (Fsp3) is 0.952. The van der Waals surface area contributed by atoms with E-state index < -0.39 is 11.3 Å². The molecule has 1 saturated heterocycles. The van der Waals surface area contributed by atoms with Crippen LogP contribution < -0.4 is 0 Å². The molecule has 0 bridgehead atoms. The van der Waals surface area contributed by atoms with Gasteiger partial charge in [-0.3, -0.25) is 4.90 Å². The molecule has 0 aromatic carbocycles. The molecule has 0 aromatic heterocycles. The molecule has 0 aromatic rings. The van der Waals surface area contributed by atoms with Gasteiger partial charge >= 0.3 is 6.09 Å². The highest BCUT2D eigenvalue weighted by atomic mass is 16.6. The van der Waals surface area contributed by atoms with E-state index in [1.807, 2.05) is 34.6 Å². The molecule has 158 valence electrons. The number of azide groups is 1. The zero-order chi connectivity index (χ0) is 20.5. The van der Waals surface area contributed by atoms with Crippen molar-refractivity contribution in [2.45, 2.75) is 115 Å². The second-order valence-corrected chi connectivity index (χ2v) is 10.2. The van der Waals surface area contributed by atoms with E-state index in [1.165, 1.54) is 32.1 Å². The molecule has 1 aliphatic heterocycles. The summed E-state index contributed by atoms with van der Waals surface area (Å²) in [6, 6.07) is -0.339. The second-order valence-electron chi connectivity index (χ2n) is 10.2. The lowest BCUT2D eigenvalue weighted by atomic mass is 9.82. The summed E-state index contributed by atoms with van der Waals surface area (Å²) in [4.78, 5) is 18.1. The number of carbonyl (C=O) groups excluding carboxylic acids is 1. The van der Waals surface area contributed by atoms with Crippen molar-refractivity contribution in [1.29, 1.82) is 0 Å². The predicted molar refractivity (Wildman–Crippen MR) is 108 cm³/mol. The number of hydrogen-bond donors (Lipinski definition) is 0. The van der Waals surface area contributed by atoms with Crippen molar-refractivity contribution in [1.82, 2.24) is 4.90 Å². The maximum Gasteiger partial charge on any atom is 0.412 e. The molecular weight excluding hydrogens is 356 g/mol. The molecule has 3 rings (SSSR count). The van der Waals surface area contributed by atoms with E-state index >= 15 is 0 Å². The van der Waals surface area contributed by atoms with Crippen LogP contribution >= 0.6 is 0 Å². The predicted octanol–water partition coefficient (Wildman–Crippen LogP) is 5.79. The summed E-state index contributed by atoms with van der Waals surface area (Å²) in [6.45, 7) is 9.50. The lowest BCUT2D eigenvalue weighted by Crippen LogP contribution is -2.51. The lowest BCUT2D eigenvalue weighted by molar-refractivity contribution is -0.0836. The Kier molecular flexibility index (Phi) is 6.16. The fourth-order valence-corrected chi connectivity index (χ4v) is 4.91. The van der Waals surface area contributed by atoms with E-state index in [1.54, 1.807) is 4.90 Å². The molecule has 0 N–H and O–H groups in total. The molecule has 28 heavy (non-hydrogen) atoms. The highest BCUT2D eigenvalue weighted by Crippen LogP contribution is 2.46. The molecule has 1 amide bonds. The zero-order valence-corrected chi connectivity index (χ0v) is 18.1. The molecule has 0 radical (unpaired) electrons. The van der Waals surface area contributed by atoms with Crippen LogP contribution in [-0.4, -0.2) is 40.5 Å². The zero-order valence-electron chi connectivity index (χ0n) is 18.1. The van der Waals surface area contributed by atoms with E-state index in [4.69, 9.17) is 15.0 Å². The van der Waals surface area contributed by atoms with E-state index in [0.29, 0.717) is 11.8 Å². The Morgan fingerprint density at radius 3 is 2.43 bits per heavy atom. The van der Waals surface area contributed by atoms with Gasteiger partial charge in [0.05, 0.1) is 18.2 Å². The average Bonchev–Trinajstić information content (AvgIpc) is 3.37. The first-order valence-corrected chi connectivity index (χ1v) is 10.9. The molecule has 2 saturated carbocycles. The van der Waals surface area contributed by atoms with Gasteiger partial charge in [-0.25, -0.2) is 4.79 Å². The number of hydrogen-bond acceptors (Lipinski definition) is 4. The Morgan fingerprint density at radius 2 is 1.89 bits per heavy atom. The van der Waals surface area contributed by atoms with E-state index in [9.17, 15) is 4.79 Å². The van der Waals surface area contributed by atoms with Crippen molar-refractivity contribution in [2.24, 2.45) is 17.0 Å². The molecule has 0 spiro atoms. The Balaban J connectivity index is 1.89. The summed E-state index contributed by atoms with van der Waals surface area (Å²) < 4.78 is 12.2. The molecule has 1 heterocycles. The molecule has 3 aliphatic rings. The van der Waals surface area contributed by atoms with Gasteiger partial charge in [-0.15, -0.1) is 0 Å². The van der Waals surface area contributed by atoms with Crippen LogP contribution in [0.5, 0.6) is 0 Å². The van der Waals surface area contributed by atoms with Gasteiger partial charge in [0.1, 0.15) is 11.3 Å². The van der Waals surface area contributed by atoms with E-state index in [2.05, 4.69) is 10.0 Å². The minimum Gasteiger partial charge on any atom is -0.444 e. The number of rotatable bonds is 5. The topological polar surface area (TPSA) is 87.5 Å². The maximum absolute atomic E-state index is 13.2. The van der Waals surface area contributed by atoms with Crippen LogP contribution in [0.3, 0.4) is 0 Å². The van der Waals surface area contributed by atoms with Crippen LogP contribution in [0.15, 0.2) is 5.11 Å². The molecule has 2 aliphatic carbocycles. The average molecular weight is 393 g/mol. The molecular formula is C21H36N4O3. The first-order chi connectivity index (χ1) is 13.1. The lowest BCUT2D eigenvalue weighted by Gasteiger charge is -2.37. The Hall–Kier alpha value is -1.46. The van der Waals surface area contributed by atoms with Gasteiger partial charge in [0.2, 0.25) is 0 Å². The molecule has 7 heteroatoms. The van der Waals surface area contributed by atoms with Crippen LogP contribution in [0.4, 0.5) is 4.79 Å². The number of amides is 1. The van der Waals surface area contributed by atoms with Gasteiger partial charge < -0.3 is 9.47 Å². The van der Waals surface area contributed by atoms with Crippen molar-refractivity contribution in [3.63, 3.8) is 0 Å². The van der Waals surface area contributed by atoms with Crippen LogP contribution in [0.1, 0.15) is 86.0 Å². The van der Waals surface area contributed by atoms with Crippen molar-refractivity contribution < 1.29 is 14.3 Å². The summed E-state index contributed by atoms with van der Waals surface area (Å²) in [5.41, 5.74) is 7.78. The van der Waals surface area contributed by atoms with Crippen LogP contribution in [-0.2, 0) is 9.47 Å². The monoisotopic (exact) mass is 392 g/mol. The number of nitrogens with zero attached hydrogens (tertiary/aromatic N) is 4. The van der Waals surface area contributed by atoms with Crippen LogP contribution in [0.2, 0.25) is 0 Å². The summed E-state index contributed by atoms with van der Waals surface area (Å²) in [6.07, 6.45) is 8.59. The largest absolute Gasteiger partial charge is 0.444 e. The quantitative estimate of drug-likeness (QED) is 0.337. The van der Waals surface area contributed by atoms with Crippen molar-refractivity contribution >= 4 is 6.09 Å². The number of carbonyl (C=O) groups is 1. The molecule has 0 unspecified atom stereocenters. The maximum atomic E-state index is 13.2. The fourth-order valence-electron chi connectivity index (χ4n) is 4.91. The smallest absolute Gasteiger partial charge is 0.412 e. The minimum absolute atomic E-state index is 0.121. The first-order valence-electron chi connectivity index (χ1n) is 10.9. The first kappa shape index (κ1) is 21.3. The summed E-state index contributed by atoms with van der Waals surface area (Å²) >= 11 is 0. The SMILES string of the molecule is CC(C)(C)OC(=O)N1[C@@H](CC2CCCCC2)[C@H]([C@@H](N=[N+]=[N-])C2CC2)OC1(C)C. The van der Waals surface area contributed by atoms with Crippen molar-refractivity contribution in [3.05, 3.63) is 10.4 Å². The standard InChI is InChI=1S/C21H36N4O3/c1-20(2,3)28-19(26)25-16(13-14-9-7-6-8-10-14)18(27-21(25,4)5)17(23-24-22)15-11-12-15/h14-18H,6-13H2,1-5H3/t16-,17-,18+/m0/s1. The molecule has 3 atom stereocenters. The van der Waals surface area contributed by atoms with Gasteiger partial charge in [0.15, 0.2) is 0 Å². The number of ether oxygens (including phenoxy) is 2. The van der Waals surface area contributed by atoms with Gasteiger partial charge in [0.25, 0.3) is 0 Å². The Morgan fingerprint density at radius 1 is 1.25 bits per heavy atom. The third-order valence-corrected chi connectivity index (χ3v) is 6.23. The summed E-state index contributed by atoms with van der Waals surface area (Å²) in [7, 11) is 0. The Labute approximate surface area is 168 Å². The van der Waals surface area contributed by atoms with Crippen molar-refractivity contribution in [3.8, 4) is 0 Å². The third-order valence-electron chi connectivity index (χ3n) is 6.23. The van der Waals surface area contributed by atoms with Gasteiger partial charge in [-0.1, -0.05) is 37.2 Å². The molecule has 7 nitrogen and oxygen atoms in total. The highest BCUT2D eigenvalue weighted by Gasteiger charge is 2.55. The van der Waals surface area contributed by atoms with Crippen LogP contribution in [0, 0.1) is 11.8 Å². The Bertz CT molecular complexity index is 614. The second kappa shape index (κ2) is 8.11. The van der Waals surface area contributed by atoms with Gasteiger partial charge in [0, 0.05) is 4.91 Å². The normalized spacial score (nSPS) is 29.2. The van der Waals surface area contributed by atoms with Crippen LogP contribution in [0.25, 0.3) is 10.4 Å². The third kappa shape index (κ3) is 4.93. The van der Waals surface area contributed by atoms with E-state index in [-0.39, 0.29) is 24.3 Å². The summed E-state index contributed by atoms with van der Waals surface area (Å²) in [5, 5.41) is 4.12. The molecule has 3 fully saturated rings.